The summed E-state index contributed by atoms with van der Waals surface area (Å²) >= 11 is 0. The van der Waals surface area contributed by atoms with Crippen LogP contribution in [0.4, 0.5) is 0 Å². The normalized spacial score (nSPS) is 29.1. The molecule has 2 heterocycles. The molecule has 3 heteroatoms. The van der Waals surface area contributed by atoms with Crippen molar-refractivity contribution in [3.63, 3.8) is 0 Å². The third kappa shape index (κ3) is 1.21. The van der Waals surface area contributed by atoms with Crippen molar-refractivity contribution >= 4 is 0 Å². The van der Waals surface area contributed by atoms with Crippen LogP contribution in [0.25, 0.3) is 0 Å². The summed E-state index contributed by atoms with van der Waals surface area (Å²) in [5.74, 6) is 0. The van der Waals surface area contributed by atoms with Crippen LogP contribution in [0, 0.1) is 0 Å². The first-order chi connectivity index (χ1) is 5.81. The molecule has 0 radical (unpaired) electrons. The number of nitrogens with two attached hydrogens (primary N) is 1. The van der Waals surface area contributed by atoms with E-state index in [1.54, 1.807) is 12.4 Å². The predicted molar refractivity (Wildman–Crippen MR) is 45.5 cm³/mol. The molecule has 0 saturated carbocycles. The van der Waals surface area contributed by atoms with Gasteiger partial charge in [0.25, 0.3) is 0 Å². The monoisotopic (exact) mass is 164 g/mol. The second-order valence-electron chi connectivity index (χ2n) is 3.19. The topological polar surface area (TPSA) is 48.1 Å². The Morgan fingerprint density at radius 2 is 2.17 bits per heavy atom. The van der Waals surface area contributed by atoms with E-state index in [-0.39, 0.29) is 5.54 Å². The smallest absolute Gasteiger partial charge is 0.0689 e. The Balaban J connectivity index is 2.29. The molecule has 1 aromatic heterocycles. The molecule has 1 atom stereocenters. The Morgan fingerprint density at radius 1 is 1.42 bits per heavy atom. The third-order valence-corrected chi connectivity index (χ3v) is 2.31. The van der Waals surface area contributed by atoms with Crippen molar-refractivity contribution in [2.45, 2.75) is 12.0 Å². The van der Waals surface area contributed by atoms with Gasteiger partial charge in [-0.25, -0.2) is 0 Å². The lowest BCUT2D eigenvalue weighted by Crippen LogP contribution is -2.36. The summed E-state index contributed by atoms with van der Waals surface area (Å²) < 4.78 is 5.27. The number of rotatable bonds is 1. The highest BCUT2D eigenvalue weighted by atomic mass is 16.5. The standard InChI is InChI=1S/C9H12N2O/c10-9(3-6-12-7-9)8-1-4-11-5-2-8/h1-2,4-5H,3,6-7,10H2. The van der Waals surface area contributed by atoms with Crippen molar-refractivity contribution in [3.8, 4) is 0 Å². The van der Waals surface area contributed by atoms with E-state index in [0.717, 1.165) is 18.6 Å². The number of hydrogen-bond donors (Lipinski definition) is 1. The summed E-state index contributed by atoms with van der Waals surface area (Å²) in [4.78, 5) is 3.95. The summed E-state index contributed by atoms with van der Waals surface area (Å²) in [5, 5.41) is 0. The van der Waals surface area contributed by atoms with Gasteiger partial charge in [-0.05, 0) is 24.1 Å². The molecule has 0 aromatic carbocycles. The van der Waals surface area contributed by atoms with Gasteiger partial charge in [-0.15, -0.1) is 0 Å². The van der Waals surface area contributed by atoms with Crippen LogP contribution in [-0.2, 0) is 10.3 Å². The van der Waals surface area contributed by atoms with Gasteiger partial charge < -0.3 is 10.5 Å². The molecule has 1 aromatic rings. The molecule has 0 amide bonds. The van der Waals surface area contributed by atoms with Gasteiger partial charge >= 0.3 is 0 Å². The molecule has 1 fully saturated rings. The first-order valence-electron chi connectivity index (χ1n) is 4.08. The van der Waals surface area contributed by atoms with Gasteiger partial charge in [-0.3, -0.25) is 4.98 Å². The Hall–Kier alpha value is -0.930. The molecule has 1 aliphatic heterocycles. The van der Waals surface area contributed by atoms with Crippen molar-refractivity contribution in [2.24, 2.45) is 5.73 Å². The average Bonchev–Trinajstić information content (AvgIpc) is 2.55. The first kappa shape index (κ1) is 7.71. The van der Waals surface area contributed by atoms with Crippen LogP contribution in [0.15, 0.2) is 24.5 Å². The van der Waals surface area contributed by atoms with Gasteiger partial charge in [0, 0.05) is 19.0 Å². The molecule has 1 unspecified atom stereocenters. The number of ether oxygens (including phenoxy) is 1. The molecule has 0 aliphatic carbocycles. The number of nitrogens with zero attached hydrogens (tertiary/aromatic N) is 1. The zero-order valence-corrected chi connectivity index (χ0v) is 6.86. The van der Waals surface area contributed by atoms with E-state index in [9.17, 15) is 0 Å². The predicted octanol–water partition coefficient (Wildman–Crippen LogP) is 0.656. The largest absolute Gasteiger partial charge is 0.379 e. The van der Waals surface area contributed by atoms with Crippen LogP contribution in [0.1, 0.15) is 12.0 Å². The van der Waals surface area contributed by atoms with Gasteiger partial charge in [0.05, 0.1) is 12.1 Å². The molecule has 3 nitrogen and oxygen atoms in total. The maximum Gasteiger partial charge on any atom is 0.0689 e. The Labute approximate surface area is 71.6 Å². The third-order valence-electron chi connectivity index (χ3n) is 2.31. The van der Waals surface area contributed by atoms with E-state index in [1.165, 1.54) is 0 Å². The summed E-state index contributed by atoms with van der Waals surface area (Å²) in [7, 11) is 0. The lowest BCUT2D eigenvalue weighted by Gasteiger charge is -2.21. The van der Waals surface area contributed by atoms with E-state index in [1.807, 2.05) is 12.1 Å². The fraction of sp³-hybridized carbons (Fsp3) is 0.444. The lowest BCUT2D eigenvalue weighted by molar-refractivity contribution is 0.178. The molecule has 0 spiro atoms. The van der Waals surface area contributed by atoms with E-state index in [0.29, 0.717) is 6.61 Å². The van der Waals surface area contributed by atoms with E-state index in [2.05, 4.69) is 4.98 Å². The van der Waals surface area contributed by atoms with Crippen molar-refractivity contribution in [1.29, 1.82) is 0 Å². The Kier molecular flexibility index (Phi) is 1.83. The molecule has 1 saturated heterocycles. The summed E-state index contributed by atoms with van der Waals surface area (Å²) in [6.45, 7) is 1.38. The van der Waals surface area contributed by atoms with Gasteiger partial charge in [0.2, 0.25) is 0 Å². The highest BCUT2D eigenvalue weighted by molar-refractivity contribution is 5.22. The highest BCUT2D eigenvalue weighted by Crippen LogP contribution is 2.26. The molecule has 0 bridgehead atoms. The highest BCUT2D eigenvalue weighted by Gasteiger charge is 2.31. The molecular formula is C9H12N2O. The summed E-state index contributed by atoms with van der Waals surface area (Å²) in [5.41, 5.74) is 6.97. The van der Waals surface area contributed by atoms with E-state index in [4.69, 9.17) is 10.5 Å². The second kappa shape index (κ2) is 2.84. The maximum absolute atomic E-state index is 6.13. The van der Waals surface area contributed by atoms with Gasteiger partial charge in [-0.2, -0.15) is 0 Å². The molecule has 12 heavy (non-hydrogen) atoms. The van der Waals surface area contributed by atoms with Crippen LogP contribution in [-0.4, -0.2) is 18.2 Å². The van der Waals surface area contributed by atoms with Crippen LogP contribution >= 0.6 is 0 Å². The maximum atomic E-state index is 6.13. The van der Waals surface area contributed by atoms with E-state index >= 15 is 0 Å². The molecule has 1 aliphatic rings. The zero-order chi connectivity index (χ0) is 8.44. The van der Waals surface area contributed by atoms with Crippen molar-refractivity contribution < 1.29 is 4.74 Å². The molecule has 64 valence electrons. The fourth-order valence-corrected chi connectivity index (χ4v) is 1.49. The van der Waals surface area contributed by atoms with Gasteiger partial charge in [0.1, 0.15) is 0 Å². The Morgan fingerprint density at radius 3 is 2.75 bits per heavy atom. The van der Waals surface area contributed by atoms with Crippen LogP contribution < -0.4 is 5.73 Å². The zero-order valence-electron chi connectivity index (χ0n) is 6.86. The molecule has 2 rings (SSSR count). The van der Waals surface area contributed by atoms with Gasteiger partial charge in [-0.1, -0.05) is 0 Å². The SMILES string of the molecule is NC1(c2ccncc2)CCOC1. The number of hydrogen-bond acceptors (Lipinski definition) is 3. The minimum Gasteiger partial charge on any atom is -0.379 e. The number of pyridine rings is 1. The Bertz CT molecular complexity index is 254. The van der Waals surface area contributed by atoms with Crippen molar-refractivity contribution in [1.82, 2.24) is 4.98 Å². The summed E-state index contributed by atoms with van der Waals surface area (Å²) in [6, 6.07) is 3.91. The van der Waals surface area contributed by atoms with E-state index < -0.39 is 0 Å². The van der Waals surface area contributed by atoms with Crippen molar-refractivity contribution in [3.05, 3.63) is 30.1 Å². The fourth-order valence-electron chi connectivity index (χ4n) is 1.49. The van der Waals surface area contributed by atoms with Crippen LogP contribution in [0.3, 0.4) is 0 Å². The average molecular weight is 164 g/mol. The van der Waals surface area contributed by atoms with Crippen LogP contribution in [0.5, 0.6) is 0 Å². The first-order valence-corrected chi connectivity index (χ1v) is 4.08. The van der Waals surface area contributed by atoms with Crippen LogP contribution in [0.2, 0.25) is 0 Å². The summed E-state index contributed by atoms with van der Waals surface area (Å²) in [6.07, 6.45) is 4.43. The number of aromatic nitrogens is 1. The van der Waals surface area contributed by atoms with Gasteiger partial charge in [0.15, 0.2) is 0 Å². The van der Waals surface area contributed by atoms with Crippen molar-refractivity contribution in [2.75, 3.05) is 13.2 Å². The quantitative estimate of drug-likeness (QED) is 0.663. The minimum absolute atomic E-state index is 0.275. The lowest BCUT2D eigenvalue weighted by atomic mass is 9.91. The molecule has 2 N–H and O–H groups in total. The minimum atomic E-state index is -0.275. The molecular weight excluding hydrogens is 152 g/mol. The second-order valence-corrected chi connectivity index (χ2v) is 3.19.